The smallest absolute Gasteiger partial charge is 0.127 e. The van der Waals surface area contributed by atoms with Gasteiger partial charge in [-0.1, -0.05) is 107 Å². The van der Waals surface area contributed by atoms with E-state index in [9.17, 15) is 0 Å². The van der Waals surface area contributed by atoms with Crippen LogP contribution in [0, 0.1) is 46.2 Å². The highest BCUT2D eigenvalue weighted by Gasteiger charge is 2.52. The predicted molar refractivity (Wildman–Crippen MR) is 206 cm³/mol. The van der Waals surface area contributed by atoms with Crippen molar-refractivity contribution in [2.45, 2.75) is 71.3 Å². The average molecular weight is 643 g/mol. The van der Waals surface area contributed by atoms with Crippen LogP contribution in [0.15, 0.2) is 72.8 Å². The van der Waals surface area contributed by atoms with Crippen molar-refractivity contribution in [1.29, 1.82) is 0 Å². The second kappa shape index (κ2) is 11.2. The van der Waals surface area contributed by atoms with Crippen LogP contribution < -0.4 is 0 Å². The Morgan fingerprint density at radius 2 is 0.652 bits per heavy atom. The molecule has 0 heterocycles. The van der Waals surface area contributed by atoms with Crippen molar-refractivity contribution < 1.29 is 0 Å². The van der Waals surface area contributed by atoms with Gasteiger partial charge >= 0.3 is 0 Å². The van der Waals surface area contributed by atoms with Crippen molar-refractivity contribution >= 4 is 24.2 Å². The van der Waals surface area contributed by atoms with Gasteiger partial charge in [0.1, 0.15) is 24.2 Å². The van der Waals surface area contributed by atoms with E-state index in [0.717, 1.165) is 22.3 Å². The van der Waals surface area contributed by atoms with Crippen molar-refractivity contribution in [2.75, 3.05) is 0 Å². The number of benzene rings is 4. The van der Waals surface area contributed by atoms with E-state index in [1.54, 1.807) is 0 Å². The molecule has 0 unspecified atom stereocenters. The highest BCUT2D eigenvalue weighted by molar-refractivity contribution is 6.84. The first-order chi connectivity index (χ1) is 21.6. The second-order valence-corrected chi connectivity index (χ2v) is 29.9. The van der Waals surface area contributed by atoms with Gasteiger partial charge in [-0.05, 0) is 100.0 Å². The topological polar surface area (TPSA) is 0 Å². The van der Waals surface area contributed by atoms with Crippen LogP contribution in [-0.2, 0) is 5.41 Å². The molecule has 0 nitrogen and oxygen atoms in total. The zero-order chi connectivity index (χ0) is 33.1. The molecule has 0 radical (unpaired) electrons. The van der Waals surface area contributed by atoms with Gasteiger partial charge in [0.05, 0.1) is 5.41 Å². The minimum Gasteiger partial charge on any atom is -0.127 e. The number of hydrogen-bond acceptors (Lipinski definition) is 0. The van der Waals surface area contributed by atoms with Crippen LogP contribution in [0.4, 0.5) is 0 Å². The van der Waals surface area contributed by atoms with Gasteiger partial charge in [-0.15, -0.1) is 22.6 Å². The van der Waals surface area contributed by atoms with Crippen molar-refractivity contribution in [2.24, 2.45) is 0 Å². The van der Waals surface area contributed by atoms with E-state index in [0.29, 0.717) is 0 Å². The normalized spacial score (nSPS) is 13.3. The maximum atomic E-state index is 3.62. The second-order valence-electron chi connectivity index (χ2n) is 15.7. The Hall–Kier alpha value is -4.23. The largest absolute Gasteiger partial charge is 0.129 e. The Kier molecular flexibility index (Phi) is 7.75. The van der Waals surface area contributed by atoms with Gasteiger partial charge in [-0.25, -0.2) is 0 Å². The molecule has 0 aliphatic heterocycles. The zero-order valence-corrected chi connectivity index (χ0v) is 31.9. The summed E-state index contributed by atoms with van der Waals surface area (Å²) < 4.78 is 0. The molecule has 2 aliphatic carbocycles. The molecule has 0 saturated carbocycles. The Morgan fingerprint density at radius 3 is 0.891 bits per heavy atom. The van der Waals surface area contributed by atoms with Gasteiger partial charge in [0, 0.05) is 22.3 Å². The molecule has 4 aromatic rings. The first-order valence-electron chi connectivity index (χ1n) is 16.2. The Morgan fingerprint density at radius 1 is 0.391 bits per heavy atom. The van der Waals surface area contributed by atoms with E-state index in [1.807, 2.05) is 6.92 Å². The van der Waals surface area contributed by atoms with Crippen LogP contribution in [0.5, 0.6) is 0 Å². The minimum absolute atomic E-state index is 0.523. The van der Waals surface area contributed by atoms with Crippen LogP contribution in [0.3, 0.4) is 0 Å². The van der Waals surface area contributed by atoms with Gasteiger partial charge in [0.15, 0.2) is 0 Å². The van der Waals surface area contributed by atoms with Crippen LogP contribution in [0.1, 0.15) is 51.4 Å². The zero-order valence-electron chi connectivity index (χ0n) is 28.9. The molecular formula is C43H42Si3. The van der Waals surface area contributed by atoms with Gasteiger partial charge in [-0.3, -0.25) is 0 Å². The molecule has 226 valence electrons. The summed E-state index contributed by atoms with van der Waals surface area (Å²) >= 11 is 0. The fourth-order valence-corrected chi connectivity index (χ4v) is 8.02. The van der Waals surface area contributed by atoms with E-state index < -0.39 is 29.6 Å². The SMILES string of the molecule is CC#Cc1ccc2c(c1)C1(c3cc(C#C[Si](C)(C)C)ccc3-2)c2cc(C#C[Si](C)(C)C)ccc2-c2ccc(C#C[Si](C)(C)C)cc21. The van der Waals surface area contributed by atoms with Gasteiger partial charge in [0.25, 0.3) is 0 Å². The molecule has 3 heteroatoms. The van der Waals surface area contributed by atoms with E-state index in [4.69, 9.17) is 0 Å². The van der Waals surface area contributed by atoms with Crippen LogP contribution in [0.25, 0.3) is 22.3 Å². The van der Waals surface area contributed by atoms with Crippen LogP contribution >= 0.6 is 0 Å². The molecule has 0 bridgehead atoms. The molecule has 0 N–H and O–H groups in total. The van der Waals surface area contributed by atoms with Crippen LogP contribution in [0.2, 0.25) is 58.9 Å². The van der Waals surface area contributed by atoms with E-state index >= 15 is 0 Å². The fraction of sp³-hybridized carbons (Fsp3) is 0.256. The van der Waals surface area contributed by atoms with Gasteiger partial charge in [-0.2, -0.15) is 0 Å². The van der Waals surface area contributed by atoms with Crippen LogP contribution in [-0.4, -0.2) is 24.2 Å². The summed E-state index contributed by atoms with van der Waals surface area (Å²) in [5, 5.41) is 0. The summed E-state index contributed by atoms with van der Waals surface area (Å²) in [4.78, 5) is 0. The Bertz CT molecular complexity index is 2040. The summed E-state index contributed by atoms with van der Waals surface area (Å²) in [7, 11) is -4.70. The highest BCUT2D eigenvalue weighted by Crippen LogP contribution is 2.63. The standard InChI is InChI=1S/C43H42Si3/c1-11-12-31-13-17-35-36-18-14-32(21-24-44(2,3)4)28-40(36)43(39(35)27-31)41-29-33(22-25-45(5,6)7)15-19-37(41)38-20-16-34(30-42(38)43)23-26-46(8,9)10/h13-20,27-30H,1-10H3. The Labute approximate surface area is 280 Å². The third-order valence-corrected chi connectivity index (χ3v) is 10.9. The molecule has 0 saturated heterocycles. The molecule has 0 aromatic heterocycles. The van der Waals surface area contributed by atoms with E-state index in [2.05, 4.69) is 178 Å². The molecule has 46 heavy (non-hydrogen) atoms. The number of rotatable bonds is 0. The van der Waals surface area contributed by atoms with Crippen molar-refractivity contribution in [1.82, 2.24) is 0 Å². The maximum absolute atomic E-state index is 3.62. The third-order valence-electron chi connectivity index (χ3n) is 8.29. The van der Waals surface area contributed by atoms with Crippen molar-refractivity contribution in [3.63, 3.8) is 0 Å². The van der Waals surface area contributed by atoms with Gasteiger partial charge < -0.3 is 0 Å². The molecule has 0 atom stereocenters. The summed E-state index contributed by atoms with van der Waals surface area (Å²) in [5.41, 5.74) is 24.8. The first-order valence-corrected chi connectivity index (χ1v) is 26.7. The van der Waals surface area contributed by atoms with E-state index in [1.165, 1.54) is 44.5 Å². The summed E-state index contributed by atoms with van der Waals surface area (Å²) in [6.45, 7) is 22.6. The molecule has 1 spiro atoms. The fourth-order valence-electron chi connectivity index (χ4n) is 6.46. The van der Waals surface area contributed by atoms with E-state index in [-0.39, 0.29) is 0 Å². The molecular weight excluding hydrogens is 601 g/mol. The highest BCUT2D eigenvalue weighted by atomic mass is 28.3. The summed E-state index contributed by atoms with van der Waals surface area (Å²) in [6.07, 6.45) is 0. The monoisotopic (exact) mass is 642 g/mol. The molecule has 4 aromatic carbocycles. The van der Waals surface area contributed by atoms with Crippen molar-refractivity contribution in [3.05, 3.63) is 117 Å². The average Bonchev–Trinajstić information content (AvgIpc) is 3.42. The number of hydrogen-bond donors (Lipinski definition) is 0. The quantitative estimate of drug-likeness (QED) is 0.114. The maximum Gasteiger partial charge on any atom is 0.129 e. The van der Waals surface area contributed by atoms with Gasteiger partial charge in [0.2, 0.25) is 0 Å². The lowest BCUT2D eigenvalue weighted by Gasteiger charge is -2.31. The summed E-state index contributed by atoms with van der Waals surface area (Å²) in [6, 6.07) is 27.4. The molecule has 2 aliphatic rings. The molecule has 0 amide bonds. The van der Waals surface area contributed by atoms with Crippen molar-refractivity contribution in [3.8, 4) is 68.5 Å². The number of fused-ring (bicyclic) bond motifs is 10. The first kappa shape index (κ1) is 31.7. The third kappa shape index (κ3) is 5.89. The summed E-state index contributed by atoms with van der Waals surface area (Å²) in [5.74, 6) is 17.2. The molecule has 6 rings (SSSR count). The lowest BCUT2D eigenvalue weighted by atomic mass is 9.69. The predicted octanol–water partition coefficient (Wildman–Crippen LogP) is 10.1. The minimum atomic E-state index is -1.57. The molecule has 0 fully saturated rings. The lowest BCUT2D eigenvalue weighted by Crippen LogP contribution is -2.26. The Balaban J connectivity index is 1.75. The lowest BCUT2D eigenvalue weighted by molar-refractivity contribution is 0.792.